The molecule has 1 amide bonds. The molecule has 0 fully saturated rings. The Hall–Kier alpha value is -2.95. The van der Waals surface area contributed by atoms with Crippen LogP contribution in [0.1, 0.15) is 25.3 Å². The van der Waals surface area contributed by atoms with Crippen LogP contribution in [0, 0.1) is 0 Å². The van der Waals surface area contributed by atoms with E-state index < -0.39 is 27.4 Å². The minimum Gasteiger partial charge on any atom is -0.494 e. The van der Waals surface area contributed by atoms with Gasteiger partial charge in [-0.05, 0) is 49.7 Å². The van der Waals surface area contributed by atoms with Gasteiger partial charge in [0.05, 0.1) is 17.3 Å². The Morgan fingerprint density at radius 2 is 1.88 bits per heavy atom. The molecule has 0 saturated heterocycles. The molecule has 0 aromatic heterocycles. The fourth-order valence-corrected chi connectivity index (χ4v) is 4.90. The predicted molar refractivity (Wildman–Crippen MR) is 124 cm³/mol. The molecular weight excluding hydrogens is 446 g/mol. The number of ether oxygens (including phenoxy) is 2. The Kier molecular flexibility index (Phi) is 8.06. The highest BCUT2D eigenvalue weighted by Gasteiger charge is 2.50. The van der Waals surface area contributed by atoms with Crippen molar-refractivity contribution in [1.29, 1.82) is 0 Å². The van der Waals surface area contributed by atoms with Crippen molar-refractivity contribution < 1.29 is 27.8 Å². The Morgan fingerprint density at radius 1 is 1.18 bits per heavy atom. The van der Waals surface area contributed by atoms with Gasteiger partial charge in [0.2, 0.25) is 5.90 Å². The average Bonchev–Trinajstić information content (AvgIpc) is 3.16. The minimum absolute atomic E-state index is 0.0508. The molecule has 9 nitrogen and oxygen atoms in total. The summed E-state index contributed by atoms with van der Waals surface area (Å²) < 4.78 is 37.2. The number of nitrogens with zero attached hydrogens (tertiary/aromatic N) is 1. The lowest BCUT2D eigenvalue weighted by Crippen LogP contribution is -2.54. The number of nitrogens with one attached hydrogen (secondary N) is 2. The number of hydrogen-bond donors (Lipinski definition) is 3. The number of sulfone groups is 1. The van der Waals surface area contributed by atoms with Gasteiger partial charge in [0.15, 0.2) is 15.4 Å². The number of aliphatic hydroxyl groups is 1. The highest BCUT2D eigenvalue weighted by atomic mass is 32.2. The maximum Gasteiger partial charge on any atom is 0.266 e. The number of rotatable bonds is 11. The number of carbonyl (C=O) groups is 1. The van der Waals surface area contributed by atoms with Crippen molar-refractivity contribution in [2.24, 2.45) is 4.99 Å². The zero-order chi connectivity index (χ0) is 23.9. The van der Waals surface area contributed by atoms with Crippen molar-refractivity contribution in [1.82, 2.24) is 10.9 Å². The molecule has 0 radical (unpaired) electrons. The van der Waals surface area contributed by atoms with E-state index in [-0.39, 0.29) is 29.6 Å². The Bertz CT molecular complexity index is 1070. The summed E-state index contributed by atoms with van der Waals surface area (Å²) in [5.41, 5.74) is 4.35. The van der Waals surface area contributed by atoms with Gasteiger partial charge in [-0.15, -0.1) is 0 Å². The van der Waals surface area contributed by atoms with Crippen molar-refractivity contribution in [2.75, 3.05) is 26.0 Å². The van der Waals surface area contributed by atoms with E-state index in [1.54, 1.807) is 56.4 Å². The van der Waals surface area contributed by atoms with Gasteiger partial charge in [0.25, 0.3) is 5.91 Å². The molecule has 178 valence electrons. The smallest absolute Gasteiger partial charge is 0.266 e. The third-order valence-corrected chi connectivity index (χ3v) is 7.15. The zero-order valence-corrected chi connectivity index (χ0v) is 19.5. The number of aliphatic imine (C=N–C) groups is 1. The number of carbonyl (C=O) groups excluding carboxylic acids is 1. The number of hydrazine groups is 1. The average molecular weight is 476 g/mol. The van der Waals surface area contributed by atoms with Crippen LogP contribution in [0.15, 0.2) is 64.5 Å². The predicted octanol–water partition coefficient (Wildman–Crippen LogP) is 1.47. The van der Waals surface area contributed by atoms with Gasteiger partial charge in [-0.2, -0.15) is 0 Å². The molecule has 3 N–H and O–H groups in total. The zero-order valence-electron chi connectivity index (χ0n) is 18.7. The first-order valence-electron chi connectivity index (χ1n) is 10.7. The van der Waals surface area contributed by atoms with Gasteiger partial charge in [-0.1, -0.05) is 18.2 Å². The molecule has 0 saturated carbocycles. The van der Waals surface area contributed by atoms with E-state index in [0.29, 0.717) is 24.3 Å². The molecule has 0 aliphatic carbocycles. The summed E-state index contributed by atoms with van der Waals surface area (Å²) in [6, 6.07) is 15.1. The van der Waals surface area contributed by atoms with E-state index in [4.69, 9.17) is 14.6 Å². The molecule has 33 heavy (non-hydrogen) atoms. The summed E-state index contributed by atoms with van der Waals surface area (Å²) in [5, 5.41) is 8.86. The molecule has 2 atom stereocenters. The van der Waals surface area contributed by atoms with Crippen LogP contribution in [0.5, 0.6) is 5.75 Å². The van der Waals surface area contributed by atoms with E-state index >= 15 is 0 Å². The standard InChI is InChI=1S/C23H29N3O6S/c1-17-23(22(28)26-24-2,13-16-33(29,30)20-7-4-3-5-8-20)25-21(32-17)18-9-11-19(12-10-18)31-15-6-14-27/h3-5,7-12,17,24,27H,6,13-16H2,1-2H3,(H,26,28)/t17-,23-/m0/s1. The van der Waals surface area contributed by atoms with E-state index in [0.717, 1.165) is 0 Å². The minimum atomic E-state index is -3.62. The Morgan fingerprint density at radius 3 is 2.52 bits per heavy atom. The highest BCUT2D eigenvalue weighted by molar-refractivity contribution is 7.91. The van der Waals surface area contributed by atoms with Crippen molar-refractivity contribution in [2.45, 2.75) is 36.3 Å². The molecular formula is C23H29N3O6S. The lowest BCUT2D eigenvalue weighted by atomic mass is 9.90. The van der Waals surface area contributed by atoms with Gasteiger partial charge in [-0.25, -0.2) is 18.8 Å². The van der Waals surface area contributed by atoms with Gasteiger partial charge in [-0.3, -0.25) is 10.2 Å². The van der Waals surface area contributed by atoms with Gasteiger partial charge in [0.1, 0.15) is 11.9 Å². The van der Waals surface area contributed by atoms with Crippen molar-refractivity contribution in [3.63, 3.8) is 0 Å². The first-order valence-corrected chi connectivity index (χ1v) is 12.3. The highest BCUT2D eigenvalue weighted by Crippen LogP contribution is 2.33. The maximum absolute atomic E-state index is 13.0. The van der Waals surface area contributed by atoms with Crippen LogP contribution < -0.4 is 15.6 Å². The second-order valence-electron chi connectivity index (χ2n) is 7.64. The van der Waals surface area contributed by atoms with Crippen LogP contribution in [0.25, 0.3) is 0 Å². The number of benzene rings is 2. The molecule has 1 heterocycles. The molecule has 10 heteroatoms. The SMILES string of the molecule is CNNC(=O)[C@@]1(CCS(=O)(=O)c2ccccc2)N=C(c2ccc(OCCCO)cc2)O[C@H]1C. The fraction of sp³-hybridized carbons (Fsp3) is 0.391. The third kappa shape index (κ3) is 5.70. The first-order chi connectivity index (χ1) is 15.8. The van der Waals surface area contributed by atoms with Crippen LogP contribution in [0.2, 0.25) is 0 Å². The molecule has 0 bridgehead atoms. The van der Waals surface area contributed by atoms with E-state index in [1.165, 1.54) is 12.1 Å². The van der Waals surface area contributed by atoms with Crippen LogP contribution in [-0.2, 0) is 19.4 Å². The number of amides is 1. The largest absolute Gasteiger partial charge is 0.494 e. The number of hydrogen-bond acceptors (Lipinski definition) is 8. The fourth-order valence-electron chi connectivity index (χ4n) is 3.51. The van der Waals surface area contributed by atoms with Crippen LogP contribution in [0.4, 0.5) is 0 Å². The van der Waals surface area contributed by atoms with Crippen LogP contribution >= 0.6 is 0 Å². The second-order valence-corrected chi connectivity index (χ2v) is 9.75. The maximum atomic E-state index is 13.0. The molecule has 2 aromatic rings. The number of aliphatic hydroxyl groups excluding tert-OH is 1. The van der Waals surface area contributed by atoms with Crippen molar-refractivity contribution in [3.8, 4) is 5.75 Å². The summed E-state index contributed by atoms with van der Waals surface area (Å²) in [5.74, 6) is 0.149. The molecule has 3 rings (SSSR count). The monoisotopic (exact) mass is 475 g/mol. The molecule has 1 aliphatic heterocycles. The summed E-state index contributed by atoms with van der Waals surface area (Å²) in [6.45, 7) is 2.15. The van der Waals surface area contributed by atoms with Crippen LogP contribution in [0.3, 0.4) is 0 Å². The van der Waals surface area contributed by atoms with E-state index in [2.05, 4.69) is 15.8 Å². The molecule has 1 aliphatic rings. The second kappa shape index (κ2) is 10.8. The Labute approximate surface area is 193 Å². The topological polar surface area (TPSA) is 126 Å². The molecule has 0 spiro atoms. The van der Waals surface area contributed by atoms with E-state index in [1.807, 2.05) is 0 Å². The van der Waals surface area contributed by atoms with Gasteiger partial charge >= 0.3 is 0 Å². The lowest BCUT2D eigenvalue weighted by molar-refractivity contribution is -0.129. The first kappa shape index (κ1) is 24.7. The van der Waals surface area contributed by atoms with Gasteiger partial charge in [0, 0.05) is 25.6 Å². The summed E-state index contributed by atoms with van der Waals surface area (Å²) in [4.78, 5) is 17.8. The van der Waals surface area contributed by atoms with E-state index in [9.17, 15) is 13.2 Å². The van der Waals surface area contributed by atoms with Crippen molar-refractivity contribution in [3.05, 3.63) is 60.2 Å². The normalized spacial score (nSPS) is 20.1. The lowest BCUT2D eigenvalue weighted by Gasteiger charge is -2.27. The molecule has 0 unspecified atom stereocenters. The quantitative estimate of drug-likeness (QED) is 0.332. The van der Waals surface area contributed by atoms with Crippen molar-refractivity contribution >= 4 is 21.6 Å². The van der Waals surface area contributed by atoms with Crippen LogP contribution in [-0.4, -0.2) is 63.0 Å². The summed E-state index contributed by atoms with van der Waals surface area (Å²) in [7, 11) is -2.07. The third-order valence-electron chi connectivity index (χ3n) is 5.42. The summed E-state index contributed by atoms with van der Waals surface area (Å²) in [6.07, 6.45) is -0.207. The van der Waals surface area contributed by atoms with Gasteiger partial charge < -0.3 is 14.6 Å². The Balaban J connectivity index is 1.85. The molecule has 2 aromatic carbocycles. The summed E-state index contributed by atoms with van der Waals surface area (Å²) >= 11 is 0.